The van der Waals surface area contributed by atoms with Crippen molar-refractivity contribution in [2.75, 3.05) is 13.1 Å². The number of hydrogen-bond acceptors (Lipinski definition) is 1. The van der Waals surface area contributed by atoms with E-state index in [2.05, 4.69) is 21.2 Å². The van der Waals surface area contributed by atoms with Gasteiger partial charge in [-0.3, -0.25) is 0 Å². The van der Waals surface area contributed by atoms with Gasteiger partial charge in [-0.05, 0) is 46.6 Å². The zero-order valence-corrected chi connectivity index (χ0v) is 9.83. The zero-order valence-electron chi connectivity index (χ0n) is 7.49. The molecule has 1 aliphatic rings. The van der Waals surface area contributed by atoms with Crippen LogP contribution in [0.2, 0.25) is 5.02 Å². The molecule has 0 saturated carbocycles. The van der Waals surface area contributed by atoms with Crippen LogP contribution in [0.4, 0.5) is 4.39 Å². The van der Waals surface area contributed by atoms with Crippen LogP contribution in [0.1, 0.15) is 17.9 Å². The molecule has 1 N–H and O–H groups in total. The largest absolute Gasteiger partial charge is 0.316 e. The van der Waals surface area contributed by atoms with Gasteiger partial charge in [0.1, 0.15) is 5.82 Å². The van der Waals surface area contributed by atoms with E-state index in [-0.39, 0.29) is 11.7 Å². The van der Waals surface area contributed by atoms with Gasteiger partial charge in [0.25, 0.3) is 0 Å². The standard InChI is InChI=1S/C10H10BrClFN/c11-8-3-7(6-1-2-14-5-6)10(13)4-9(8)12/h3-4,6,14H,1-2,5H2. The summed E-state index contributed by atoms with van der Waals surface area (Å²) in [5, 5.41) is 3.65. The second-order valence-corrected chi connectivity index (χ2v) is 4.74. The van der Waals surface area contributed by atoms with Crippen LogP contribution >= 0.6 is 27.5 Å². The zero-order chi connectivity index (χ0) is 10.1. The molecule has 1 fully saturated rings. The van der Waals surface area contributed by atoms with Crippen LogP contribution in [0.5, 0.6) is 0 Å². The van der Waals surface area contributed by atoms with Gasteiger partial charge in [-0.25, -0.2) is 4.39 Å². The summed E-state index contributed by atoms with van der Waals surface area (Å²) in [6, 6.07) is 3.16. The SMILES string of the molecule is Fc1cc(Cl)c(Br)cc1C1CCNC1. The first-order valence-electron chi connectivity index (χ1n) is 4.53. The molecular formula is C10H10BrClFN. The van der Waals surface area contributed by atoms with E-state index in [0.717, 1.165) is 29.5 Å². The van der Waals surface area contributed by atoms with Gasteiger partial charge >= 0.3 is 0 Å². The highest BCUT2D eigenvalue weighted by atomic mass is 79.9. The normalized spacial score (nSPS) is 21.5. The quantitative estimate of drug-likeness (QED) is 0.777. The summed E-state index contributed by atoms with van der Waals surface area (Å²) in [4.78, 5) is 0. The molecule has 1 saturated heterocycles. The smallest absolute Gasteiger partial charge is 0.128 e. The molecule has 4 heteroatoms. The van der Waals surface area contributed by atoms with Crippen LogP contribution in [0, 0.1) is 5.82 Å². The van der Waals surface area contributed by atoms with Crippen molar-refractivity contribution in [1.29, 1.82) is 0 Å². The topological polar surface area (TPSA) is 12.0 Å². The predicted molar refractivity (Wildman–Crippen MR) is 59.3 cm³/mol. The van der Waals surface area contributed by atoms with Crippen molar-refractivity contribution in [2.45, 2.75) is 12.3 Å². The molecule has 0 aromatic heterocycles. The van der Waals surface area contributed by atoms with Crippen molar-refractivity contribution in [2.24, 2.45) is 0 Å². The fourth-order valence-corrected chi connectivity index (χ4v) is 2.28. The van der Waals surface area contributed by atoms with Gasteiger partial charge in [-0.1, -0.05) is 11.6 Å². The first-order valence-corrected chi connectivity index (χ1v) is 5.70. The van der Waals surface area contributed by atoms with E-state index >= 15 is 0 Å². The Hall–Kier alpha value is -0.120. The van der Waals surface area contributed by atoms with E-state index in [9.17, 15) is 4.39 Å². The molecule has 0 aliphatic carbocycles. The van der Waals surface area contributed by atoms with Crippen molar-refractivity contribution in [3.05, 3.63) is 33.0 Å². The van der Waals surface area contributed by atoms with Gasteiger partial charge in [-0.2, -0.15) is 0 Å². The number of benzene rings is 1. The van der Waals surface area contributed by atoms with Crippen molar-refractivity contribution >= 4 is 27.5 Å². The Morgan fingerprint density at radius 2 is 2.29 bits per heavy atom. The van der Waals surface area contributed by atoms with Gasteiger partial charge in [0.05, 0.1) is 5.02 Å². The fraction of sp³-hybridized carbons (Fsp3) is 0.400. The van der Waals surface area contributed by atoms with Crippen molar-refractivity contribution in [3.63, 3.8) is 0 Å². The van der Waals surface area contributed by atoms with Crippen molar-refractivity contribution in [1.82, 2.24) is 5.32 Å². The van der Waals surface area contributed by atoms with Gasteiger partial charge in [0, 0.05) is 16.9 Å². The Balaban J connectivity index is 2.37. The number of hydrogen-bond donors (Lipinski definition) is 1. The molecule has 1 heterocycles. The Morgan fingerprint density at radius 3 is 2.93 bits per heavy atom. The number of nitrogens with one attached hydrogen (secondary N) is 1. The van der Waals surface area contributed by atoms with E-state index in [1.165, 1.54) is 6.07 Å². The summed E-state index contributed by atoms with van der Waals surface area (Å²) >= 11 is 9.10. The van der Waals surface area contributed by atoms with Crippen LogP contribution in [0.25, 0.3) is 0 Å². The maximum Gasteiger partial charge on any atom is 0.128 e. The maximum absolute atomic E-state index is 13.5. The minimum Gasteiger partial charge on any atom is -0.316 e. The van der Waals surface area contributed by atoms with E-state index < -0.39 is 0 Å². The summed E-state index contributed by atoms with van der Waals surface area (Å²) < 4.78 is 14.3. The van der Waals surface area contributed by atoms with Gasteiger partial charge in [0.2, 0.25) is 0 Å². The Labute approximate surface area is 95.8 Å². The monoisotopic (exact) mass is 277 g/mol. The molecule has 1 unspecified atom stereocenters. The Morgan fingerprint density at radius 1 is 1.50 bits per heavy atom. The third kappa shape index (κ3) is 1.95. The molecule has 76 valence electrons. The lowest BCUT2D eigenvalue weighted by molar-refractivity contribution is 0.588. The third-order valence-corrected chi connectivity index (χ3v) is 3.74. The molecule has 1 aromatic rings. The Kier molecular flexibility index (Phi) is 3.10. The molecule has 0 amide bonds. The summed E-state index contributed by atoms with van der Waals surface area (Å²) in [6.45, 7) is 1.81. The van der Waals surface area contributed by atoms with Crippen molar-refractivity contribution in [3.8, 4) is 0 Å². The van der Waals surface area contributed by atoms with Crippen LogP contribution in [0.15, 0.2) is 16.6 Å². The average molecular weight is 279 g/mol. The minimum absolute atomic E-state index is 0.202. The summed E-state index contributed by atoms with van der Waals surface area (Å²) in [5.41, 5.74) is 0.756. The molecule has 1 aromatic carbocycles. The van der Waals surface area contributed by atoms with Crippen LogP contribution in [-0.4, -0.2) is 13.1 Å². The molecule has 1 atom stereocenters. The van der Waals surface area contributed by atoms with Crippen LogP contribution < -0.4 is 5.32 Å². The van der Waals surface area contributed by atoms with Gasteiger partial charge in [0.15, 0.2) is 0 Å². The molecule has 0 bridgehead atoms. The molecule has 1 aliphatic heterocycles. The van der Waals surface area contributed by atoms with E-state index in [1.807, 2.05) is 0 Å². The first kappa shape index (κ1) is 10.4. The lowest BCUT2D eigenvalue weighted by Gasteiger charge is -2.11. The summed E-state index contributed by atoms with van der Waals surface area (Å²) in [7, 11) is 0. The highest BCUT2D eigenvalue weighted by Crippen LogP contribution is 2.31. The first-order chi connectivity index (χ1) is 6.68. The lowest BCUT2D eigenvalue weighted by Crippen LogP contribution is -2.09. The fourth-order valence-electron chi connectivity index (χ4n) is 1.77. The maximum atomic E-state index is 13.5. The highest BCUT2D eigenvalue weighted by molar-refractivity contribution is 9.10. The third-order valence-electron chi connectivity index (χ3n) is 2.54. The summed E-state index contributed by atoms with van der Waals surface area (Å²) in [6.07, 6.45) is 0.991. The molecule has 0 radical (unpaired) electrons. The number of rotatable bonds is 1. The molecule has 2 rings (SSSR count). The highest BCUT2D eigenvalue weighted by Gasteiger charge is 2.20. The van der Waals surface area contributed by atoms with Gasteiger partial charge < -0.3 is 5.32 Å². The molecular weight excluding hydrogens is 268 g/mol. The lowest BCUT2D eigenvalue weighted by atomic mass is 9.98. The minimum atomic E-state index is -0.202. The van der Waals surface area contributed by atoms with E-state index in [4.69, 9.17) is 11.6 Å². The van der Waals surface area contributed by atoms with Crippen molar-refractivity contribution < 1.29 is 4.39 Å². The summed E-state index contributed by atoms with van der Waals surface area (Å²) in [5.74, 6) is 0.0791. The van der Waals surface area contributed by atoms with Gasteiger partial charge in [-0.15, -0.1) is 0 Å². The van der Waals surface area contributed by atoms with Crippen LogP contribution in [0.3, 0.4) is 0 Å². The second kappa shape index (κ2) is 4.17. The van der Waals surface area contributed by atoms with Crippen LogP contribution in [-0.2, 0) is 0 Å². The molecule has 14 heavy (non-hydrogen) atoms. The predicted octanol–water partition coefficient (Wildman–Crippen LogP) is 3.32. The van der Waals surface area contributed by atoms with E-state index in [1.54, 1.807) is 6.07 Å². The number of halogens is 3. The van der Waals surface area contributed by atoms with E-state index in [0.29, 0.717) is 5.02 Å². The molecule has 1 nitrogen and oxygen atoms in total. The Bertz CT molecular complexity index is 350. The molecule has 0 spiro atoms. The second-order valence-electron chi connectivity index (χ2n) is 3.48. The average Bonchev–Trinajstić information content (AvgIpc) is 2.64.